The van der Waals surface area contributed by atoms with E-state index in [9.17, 15) is 13.2 Å². The van der Waals surface area contributed by atoms with Crippen LogP contribution in [0.4, 0.5) is 0 Å². The van der Waals surface area contributed by atoms with Crippen LogP contribution in [0, 0.1) is 6.92 Å². The molecule has 24 heavy (non-hydrogen) atoms. The average molecular weight is 368 g/mol. The maximum atomic E-state index is 12.3. The lowest BCUT2D eigenvalue weighted by atomic mass is 10.0. The summed E-state index contributed by atoms with van der Waals surface area (Å²) in [6.07, 6.45) is 1.57. The molecule has 0 bridgehead atoms. The molecule has 1 aliphatic heterocycles. The number of benzene rings is 1. The number of hydrogen-bond donors (Lipinski definition) is 1. The van der Waals surface area contributed by atoms with E-state index in [4.69, 9.17) is 11.6 Å². The third-order valence-corrected chi connectivity index (χ3v) is 5.46. The fourth-order valence-electron chi connectivity index (χ4n) is 2.86. The van der Waals surface area contributed by atoms with E-state index in [1.807, 2.05) is 25.1 Å². The average Bonchev–Trinajstić information content (AvgIpc) is 2.50. The van der Waals surface area contributed by atoms with Crippen LogP contribution < -0.4 is 5.56 Å². The quantitative estimate of drug-likeness (QED) is 0.835. The van der Waals surface area contributed by atoms with Gasteiger partial charge in [0.25, 0.3) is 5.56 Å². The SMILES string of the molecule is Cc1cccc(Cl)c1CN1CCc2nc(S(C)(=O)=O)[nH]c(=O)c2C1. The minimum absolute atomic E-state index is 0.262. The molecule has 0 unspecified atom stereocenters. The third kappa shape index (κ3) is 3.38. The van der Waals surface area contributed by atoms with Crippen molar-refractivity contribution in [1.29, 1.82) is 0 Å². The van der Waals surface area contributed by atoms with Gasteiger partial charge in [-0.1, -0.05) is 23.7 Å². The summed E-state index contributed by atoms with van der Waals surface area (Å²) in [6, 6.07) is 5.77. The number of aromatic amines is 1. The molecule has 1 N–H and O–H groups in total. The van der Waals surface area contributed by atoms with Gasteiger partial charge in [-0.2, -0.15) is 0 Å². The monoisotopic (exact) mass is 367 g/mol. The highest BCUT2D eigenvalue weighted by Gasteiger charge is 2.24. The molecule has 0 atom stereocenters. The van der Waals surface area contributed by atoms with E-state index in [2.05, 4.69) is 14.9 Å². The van der Waals surface area contributed by atoms with Crippen molar-refractivity contribution in [3.63, 3.8) is 0 Å². The molecule has 3 rings (SSSR count). The van der Waals surface area contributed by atoms with Gasteiger partial charge >= 0.3 is 0 Å². The fourth-order valence-corrected chi connectivity index (χ4v) is 3.69. The molecule has 1 aliphatic rings. The van der Waals surface area contributed by atoms with Crippen molar-refractivity contribution in [2.75, 3.05) is 12.8 Å². The lowest BCUT2D eigenvalue weighted by molar-refractivity contribution is 0.240. The molecule has 6 nitrogen and oxygen atoms in total. The molecular formula is C16H18ClN3O3S. The minimum atomic E-state index is -3.53. The van der Waals surface area contributed by atoms with Crippen LogP contribution in [0.25, 0.3) is 0 Å². The number of hydrogen-bond acceptors (Lipinski definition) is 5. The predicted octanol–water partition coefficient (Wildman–Crippen LogP) is 1.69. The summed E-state index contributed by atoms with van der Waals surface area (Å²) in [5, 5.41) is 0.446. The van der Waals surface area contributed by atoms with Crippen LogP contribution >= 0.6 is 11.6 Å². The predicted molar refractivity (Wildman–Crippen MR) is 92.0 cm³/mol. The van der Waals surface area contributed by atoms with Crippen LogP contribution in [0.3, 0.4) is 0 Å². The number of rotatable bonds is 3. The van der Waals surface area contributed by atoms with E-state index in [0.29, 0.717) is 42.3 Å². The Bertz CT molecular complexity index is 933. The van der Waals surface area contributed by atoms with E-state index in [1.54, 1.807) is 0 Å². The van der Waals surface area contributed by atoms with Crippen LogP contribution in [0.2, 0.25) is 5.02 Å². The Labute approximate surface area is 145 Å². The van der Waals surface area contributed by atoms with E-state index in [0.717, 1.165) is 17.4 Å². The Morgan fingerprint density at radius 3 is 2.79 bits per heavy atom. The highest BCUT2D eigenvalue weighted by Crippen LogP contribution is 2.24. The van der Waals surface area contributed by atoms with Crippen LogP contribution in [0.5, 0.6) is 0 Å². The second kappa shape index (κ2) is 6.31. The minimum Gasteiger partial charge on any atom is -0.297 e. The maximum Gasteiger partial charge on any atom is 0.256 e. The van der Waals surface area contributed by atoms with Gasteiger partial charge in [-0.15, -0.1) is 0 Å². The van der Waals surface area contributed by atoms with Gasteiger partial charge in [0.1, 0.15) is 0 Å². The highest BCUT2D eigenvalue weighted by molar-refractivity contribution is 7.90. The third-order valence-electron chi connectivity index (χ3n) is 4.21. The molecule has 0 spiro atoms. The molecule has 0 fully saturated rings. The molecule has 1 aromatic carbocycles. The first-order chi connectivity index (χ1) is 11.3. The lowest BCUT2D eigenvalue weighted by Crippen LogP contribution is -2.36. The van der Waals surface area contributed by atoms with Gasteiger partial charge < -0.3 is 0 Å². The van der Waals surface area contributed by atoms with Crippen molar-refractivity contribution in [2.45, 2.75) is 31.6 Å². The number of aryl methyl sites for hydroxylation is 1. The van der Waals surface area contributed by atoms with Crippen LogP contribution in [-0.4, -0.2) is 36.1 Å². The smallest absolute Gasteiger partial charge is 0.256 e. The zero-order valence-electron chi connectivity index (χ0n) is 13.5. The van der Waals surface area contributed by atoms with Crippen molar-refractivity contribution < 1.29 is 8.42 Å². The van der Waals surface area contributed by atoms with Crippen molar-refractivity contribution in [2.24, 2.45) is 0 Å². The van der Waals surface area contributed by atoms with E-state index in [1.165, 1.54) is 0 Å². The molecule has 8 heteroatoms. The number of nitrogens with one attached hydrogen (secondary N) is 1. The molecule has 2 aromatic rings. The zero-order chi connectivity index (χ0) is 17.5. The van der Waals surface area contributed by atoms with E-state index < -0.39 is 9.84 Å². The topological polar surface area (TPSA) is 83.1 Å². The number of sulfone groups is 1. The van der Waals surface area contributed by atoms with Crippen LogP contribution in [0.15, 0.2) is 28.2 Å². The van der Waals surface area contributed by atoms with Crippen LogP contribution in [0.1, 0.15) is 22.4 Å². The Hall–Kier alpha value is -1.70. The second-order valence-corrected chi connectivity index (χ2v) is 8.40. The number of nitrogens with zero attached hydrogens (tertiary/aromatic N) is 2. The van der Waals surface area contributed by atoms with Gasteiger partial charge in [0.2, 0.25) is 15.0 Å². The van der Waals surface area contributed by atoms with Gasteiger partial charge in [-0.25, -0.2) is 13.4 Å². The van der Waals surface area contributed by atoms with Gasteiger partial charge in [0.15, 0.2) is 0 Å². The molecule has 2 heterocycles. The molecule has 0 saturated heterocycles. The summed E-state index contributed by atoms with van der Waals surface area (Å²) in [4.78, 5) is 20.9. The number of H-pyrrole nitrogens is 1. The lowest BCUT2D eigenvalue weighted by Gasteiger charge is -2.28. The zero-order valence-corrected chi connectivity index (χ0v) is 15.0. The Morgan fingerprint density at radius 1 is 1.38 bits per heavy atom. The first kappa shape index (κ1) is 17.1. The summed E-state index contributed by atoms with van der Waals surface area (Å²) in [7, 11) is -3.53. The largest absolute Gasteiger partial charge is 0.297 e. The Kier molecular flexibility index (Phi) is 4.50. The fraction of sp³-hybridized carbons (Fsp3) is 0.375. The Morgan fingerprint density at radius 2 is 2.12 bits per heavy atom. The van der Waals surface area contributed by atoms with E-state index >= 15 is 0 Å². The van der Waals surface area contributed by atoms with Gasteiger partial charge in [0, 0.05) is 37.3 Å². The second-order valence-electron chi connectivity index (χ2n) is 6.06. The summed E-state index contributed by atoms with van der Waals surface area (Å²) in [5.41, 5.74) is 2.85. The summed E-state index contributed by atoms with van der Waals surface area (Å²) >= 11 is 6.28. The number of fused-ring (bicyclic) bond motifs is 1. The first-order valence-electron chi connectivity index (χ1n) is 7.54. The molecular weight excluding hydrogens is 350 g/mol. The van der Waals surface area contributed by atoms with Crippen molar-refractivity contribution >= 4 is 21.4 Å². The molecule has 0 radical (unpaired) electrons. The van der Waals surface area contributed by atoms with E-state index in [-0.39, 0.29) is 10.7 Å². The summed E-state index contributed by atoms with van der Waals surface area (Å²) in [6.45, 7) is 3.76. The van der Waals surface area contributed by atoms with Gasteiger partial charge in [0.05, 0.1) is 11.3 Å². The first-order valence-corrected chi connectivity index (χ1v) is 9.81. The van der Waals surface area contributed by atoms with Gasteiger partial charge in [-0.05, 0) is 24.1 Å². The summed E-state index contributed by atoms with van der Waals surface area (Å²) in [5.74, 6) is 0. The van der Waals surface area contributed by atoms with Crippen molar-refractivity contribution in [3.8, 4) is 0 Å². The van der Waals surface area contributed by atoms with Crippen molar-refractivity contribution in [3.05, 3.63) is 56.0 Å². The Balaban J connectivity index is 1.89. The van der Waals surface area contributed by atoms with Crippen molar-refractivity contribution in [1.82, 2.24) is 14.9 Å². The standard InChI is InChI=1S/C16H18ClN3O3S/c1-10-4-3-5-13(17)11(10)8-20-7-6-14-12(9-20)15(21)19-16(18-14)24(2,22)23/h3-5H,6-9H2,1-2H3,(H,18,19,21). The number of halogens is 1. The molecule has 0 saturated carbocycles. The molecule has 0 amide bonds. The normalized spacial score (nSPS) is 15.3. The molecule has 0 aliphatic carbocycles. The van der Waals surface area contributed by atoms with Gasteiger partial charge in [-0.3, -0.25) is 14.7 Å². The number of aromatic nitrogens is 2. The molecule has 1 aromatic heterocycles. The summed E-state index contributed by atoms with van der Waals surface area (Å²) < 4.78 is 23.2. The maximum absolute atomic E-state index is 12.3. The highest BCUT2D eigenvalue weighted by atomic mass is 35.5. The molecule has 128 valence electrons. The van der Waals surface area contributed by atoms with Crippen LogP contribution in [-0.2, 0) is 29.3 Å².